The van der Waals surface area contributed by atoms with Gasteiger partial charge in [0.2, 0.25) is 0 Å². The Labute approximate surface area is 95.4 Å². The lowest BCUT2D eigenvalue weighted by atomic mass is 9.93. The van der Waals surface area contributed by atoms with Gasteiger partial charge in [-0.2, -0.15) is 0 Å². The van der Waals surface area contributed by atoms with Crippen molar-refractivity contribution in [2.24, 2.45) is 5.92 Å². The molecule has 1 unspecified atom stereocenters. The van der Waals surface area contributed by atoms with Crippen molar-refractivity contribution in [3.05, 3.63) is 22.2 Å². The van der Waals surface area contributed by atoms with E-state index in [1.807, 2.05) is 0 Å². The van der Waals surface area contributed by atoms with E-state index in [4.69, 9.17) is 0 Å². The van der Waals surface area contributed by atoms with Crippen LogP contribution in [0.2, 0.25) is 0 Å². The van der Waals surface area contributed by atoms with Crippen molar-refractivity contribution in [3.63, 3.8) is 0 Å². The summed E-state index contributed by atoms with van der Waals surface area (Å²) in [6.07, 6.45) is 3.54. The third kappa shape index (κ3) is 2.12. The molecule has 0 saturated carbocycles. The third-order valence-electron chi connectivity index (χ3n) is 2.98. The maximum absolute atomic E-state index is 11.2. The highest BCUT2D eigenvalue weighted by atomic mass is 32.2. The summed E-state index contributed by atoms with van der Waals surface area (Å²) in [4.78, 5) is 14.7. The van der Waals surface area contributed by atoms with Gasteiger partial charge in [-0.1, -0.05) is 25.3 Å². The smallest absolute Gasteiger partial charge is 0.149 e. The van der Waals surface area contributed by atoms with Crippen molar-refractivity contribution in [3.8, 4) is 0 Å². The Morgan fingerprint density at radius 1 is 1.67 bits per heavy atom. The minimum Gasteiger partial charge on any atom is -0.332 e. The van der Waals surface area contributed by atoms with E-state index in [2.05, 4.69) is 18.4 Å². The molecular formula is C12H17NOS. The highest BCUT2D eigenvalue weighted by molar-refractivity contribution is 8.06. The summed E-state index contributed by atoms with van der Waals surface area (Å²) in [5.74, 6) is 0.952. The van der Waals surface area contributed by atoms with E-state index in [0.717, 1.165) is 23.8 Å². The minimum absolute atomic E-state index is 0.212. The molecular weight excluding hydrogens is 206 g/mol. The van der Waals surface area contributed by atoms with Crippen LogP contribution in [0.5, 0.6) is 0 Å². The zero-order valence-electron chi connectivity index (χ0n) is 9.38. The summed E-state index contributed by atoms with van der Waals surface area (Å²) in [7, 11) is 0. The third-order valence-corrected chi connectivity index (χ3v) is 4.12. The molecule has 0 radical (unpaired) electrons. The standard InChI is InChI=1S/C12H17NOS/c1-8-4-5-12-11(6-8)13(7-9(2)14)10(3)15-12/h8H,3-7H2,1-2H3. The molecule has 1 heterocycles. The monoisotopic (exact) mass is 223 g/mol. The molecule has 0 bridgehead atoms. The van der Waals surface area contributed by atoms with Crippen LogP contribution in [0.1, 0.15) is 33.1 Å². The fraction of sp³-hybridized carbons (Fsp3) is 0.583. The van der Waals surface area contributed by atoms with Gasteiger partial charge in [0.1, 0.15) is 5.78 Å². The Bertz CT molecular complexity index is 346. The molecule has 15 heavy (non-hydrogen) atoms. The van der Waals surface area contributed by atoms with E-state index in [1.165, 1.54) is 17.0 Å². The highest BCUT2D eigenvalue weighted by Gasteiger charge is 2.31. The molecule has 82 valence electrons. The Balaban J connectivity index is 2.19. The van der Waals surface area contributed by atoms with Crippen molar-refractivity contribution in [1.82, 2.24) is 4.90 Å². The first-order valence-electron chi connectivity index (χ1n) is 5.43. The van der Waals surface area contributed by atoms with Crippen molar-refractivity contribution in [2.75, 3.05) is 6.54 Å². The second-order valence-electron chi connectivity index (χ2n) is 4.50. The number of carbonyl (C=O) groups excluding carboxylic acids is 1. The molecule has 1 aliphatic heterocycles. The lowest BCUT2D eigenvalue weighted by Crippen LogP contribution is -2.25. The normalized spacial score (nSPS) is 25.9. The highest BCUT2D eigenvalue weighted by Crippen LogP contribution is 2.47. The second kappa shape index (κ2) is 4.05. The van der Waals surface area contributed by atoms with E-state index in [1.54, 1.807) is 18.7 Å². The number of rotatable bonds is 2. The summed E-state index contributed by atoms with van der Waals surface area (Å²) >= 11 is 1.76. The zero-order chi connectivity index (χ0) is 11.0. The van der Waals surface area contributed by atoms with Gasteiger partial charge in [0.25, 0.3) is 0 Å². The second-order valence-corrected chi connectivity index (χ2v) is 5.67. The Hall–Kier alpha value is -0.700. The molecule has 0 N–H and O–H groups in total. The number of Topliss-reactive ketones (excluding diaryl/α,β-unsaturated/α-hetero) is 1. The van der Waals surface area contributed by atoms with Crippen LogP contribution >= 0.6 is 11.8 Å². The first-order valence-corrected chi connectivity index (χ1v) is 6.25. The number of thioether (sulfide) groups is 1. The van der Waals surface area contributed by atoms with E-state index in [0.29, 0.717) is 6.54 Å². The number of hydrogen-bond donors (Lipinski definition) is 0. The summed E-state index contributed by atoms with van der Waals surface area (Å²) in [6, 6.07) is 0. The van der Waals surface area contributed by atoms with Crippen molar-refractivity contribution < 1.29 is 4.79 Å². The van der Waals surface area contributed by atoms with Gasteiger partial charge in [0.05, 0.1) is 11.6 Å². The molecule has 0 spiro atoms. The summed E-state index contributed by atoms with van der Waals surface area (Å²) in [6.45, 7) is 8.45. The van der Waals surface area contributed by atoms with Gasteiger partial charge < -0.3 is 4.90 Å². The molecule has 0 fully saturated rings. The molecule has 0 aromatic carbocycles. The van der Waals surface area contributed by atoms with E-state index < -0.39 is 0 Å². The number of allylic oxidation sites excluding steroid dienone is 2. The number of ketones is 1. The maximum atomic E-state index is 11.2. The van der Waals surface area contributed by atoms with Crippen LogP contribution in [0.25, 0.3) is 0 Å². The molecule has 0 saturated heterocycles. The number of hydrogen-bond acceptors (Lipinski definition) is 3. The van der Waals surface area contributed by atoms with Gasteiger partial charge in [0.15, 0.2) is 0 Å². The fourth-order valence-electron chi connectivity index (χ4n) is 2.19. The predicted molar refractivity (Wildman–Crippen MR) is 64.2 cm³/mol. The fourth-order valence-corrected chi connectivity index (χ4v) is 3.29. The Kier molecular flexibility index (Phi) is 2.91. The predicted octanol–water partition coefficient (Wildman–Crippen LogP) is 3.13. The van der Waals surface area contributed by atoms with Crippen molar-refractivity contribution >= 4 is 17.5 Å². The van der Waals surface area contributed by atoms with Gasteiger partial charge in [-0.15, -0.1) is 0 Å². The van der Waals surface area contributed by atoms with Crippen LogP contribution in [-0.2, 0) is 4.79 Å². The topological polar surface area (TPSA) is 20.3 Å². The number of nitrogens with zero attached hydrogens (tertiary/aromatic N) is 1. The molecule has 2 nitrogen and oxygen atoms in total. The van der Waals surface area contributed by atoms with Crippen LogP contribution in [0, 0.1) is 5.92 Å². The number of carbonyl (C=O) groups is 1. The quantitative estimate of drug-likeness (QED) is 0.717. The average Bonchev–Trinajstić information content (AvgIpc) is 2.43. The summed E-state index contributed by atoms with van der Waals surface area (Å²) < 4.78 is 0. The van der Waals surface area contributed by atoms with Gasteiger partial charge in [0, 0.05) is 10.6 Å². The van der Waals surface area contributed by atoms with E-state index >= 15 is 0 Å². The lowest BCUT2D eigenvalue weighted by molar-refractivity contribution is -0.117. The summed E-state index contributed by atoms with van der Waals surface area (Å²) in [5.41, 5.74) is 1.36. The largest absolute Gasteiger partial charge is 0.332 e. The maximum Gasteiger partial charge on any atom is 0.149 e. The first-order chi connectivity index (χ1) is 7.08. The Morgan fingerprint density at radius 2 is 2.40 bits per heavy atom. The van der Waals surface area contributed by atoms with Crippen LogP contribution in [0.3, 0.4) is 0 Å². The molecule has 0 aromatic rings. The van der Waals surface area contributed by atoms with Crippen LogP contribution < -0.4 is 0 Å². The molecule has 2 rings (SSSR count). The zero-order valence-corrected chi connectivity index (χ0v) is 10.2. The average molecular weight is 223 g/mol. The van der Waals surface area contributed by atoms with Gasteiger partial charge >= 0.3 is 0 Å². The molecule has 1 aliphatic carbocycles. The van der Waals surface area contributed by atoms with Crippen molar-refractivity contribution in [2.45, 2.75) is 33.1 Å². The first kappa shape index (κ1) is 10.8. The van der Waals surface area contributed by atoms with Crippen LogP contribution in [0.4, 0.5) is 0 Å². The van der Waals surface area contributed by atoms with Gasteiger partial charge in [-0.25, -0.2) is 0 Å². The van der Waals surface area contributed by atoms with Crippen LogP contribution in [-0.4, -0.2) is 17.2 Å². The lowest BCUT2D eigenvalue weighted by Gasteiger charge is -2.26. The molecule has 0 aromatic heterocycles. The van der Waals surface area contributed by atoms with E-state index in [9.17, 15) is 4.79 Å². The summed E-state index contributed by atoms with van der Waals surface area (Å²) in [5, 5.41) is 1.03. The molecule has 0 amide bonds. The SMILES string of the molecule is C=C1SC2=C(CC(C)CC2)N1CC(C)=O. The van der Waals surface area contributed by atoms with Gasteiger partial charge in [-0.3, -0.25) is 4.79 Å². The van der Waals surface area contributed by atoms with E-state index in [-0.39, 0.29) is 5.78 Å². The molecule has 1 atom stereocenters. The van der Waals surface area contributed by atoms with Crippen LogP contribution in [0.15, 0.2) is 22.2 Å². The Morgan fingerprint density at radius 3 is 3.07 bits per heavy atom. The van der Waals surface area contributed by atoms with Gasteiger partial charge in [-0.05, 0) is 32.1 Å². The molecule has 2 aliphatic rings. The van der Waals surface area contributed by atoms with Crippen molar-refractivity contribution in [1.29, 1.82) is 0 Å². The molecule has 3 heteroatoms. The minimum atomic E-state index is 0.212.